The summed E-state index contributed by atoms with van der Waals surface area (Å²) in [5, 5.41) is 8.92. The average molecular weight is 235 g/mol. The number of aliphatic hydroxyl groups is 1. The second-order valence-corrected chi connectivity index (χ2v) is 4.93. The minimum absolute atomic E-state index is 0.314. The first-order chi connectivity index (χ1) is 8.19. The maximum Gasteiger partial charge on any atom is 0.122 e. The lowest BCUT2D eigenvalue weighted by molar-refractivity contribution is 0.0438. The van der Waals surface area contributed by atoms with Crippen molar-refractivity contribution in [3.05, 3.63) is 29.3 Å². The lowest BCUT2D eigenvalue weighted by atomic mass is 10.0. The number of hydrogen-bond acceptors (Lipinski definition) is 3. The zero-order valence-corrected chi connectivity index (χ0v) is 10.6. The number of aliphatic hydroxyl groups excluding tert-OH is 1. The summed E-state index contributed by atoms with van der Waals surface area (Å²) in [4.78, 5) is 2.31. The highest BCUT2D eigenvalue weighted by atomic mass is 16.5. The Hall–Kier alpha value is -1.06. The van der Waals surface area contributed by atoms with Crippen molar-refractivity contribution in [2.24, 2.45) is 5.92 Å². The molecule has 94 valence electrons. The van der Waals surface area contributed by atoms with Crippen LogP contribution in [0, 0.1) is 19.8 Å². The molecule has 17 heavy (non-hydrogen) atoms. The molecule has 0 aromatic heterocycles. The molecule has 0 radical (unpaired) electrons. The Bertz CT molecular complexity index is 372. The van der Waals surface area contributed by atoms with Crippen molar-refractivity contribution in [3.63, 3.8) is 0 Å². The molecule has 3 heteroatoms. The highest BCUT2D eigenvalue weighted by molar-refractivity contribution is 5.35. The highest BCUT2D eigenvalue weighted by Crippen LogP contribution is 2.19. The summed E-state index contributed by atoms with van der Waals surface area (Å²) in [7, 11) is 0. The van der Waals surface area contributed by atoms with E-state index in [1.54, 1.807) is 0 Å². The smallest absolute Gasteiger partial charge is 0.122 e. The molecule has 0 atom stereocenters. The summed E-state index contributed by atoms with van der Waals surface area (Å²) >= 11 is 0. The first-order valence-corrected chi connectivity index (χ1v) is 6.22. The Morgan fingerprint density at radius 1 is 1.35 bits per heavy atom. The van der Waals surface area contributed by atoms with Crippen molar-refractivity contribution in [2.45, 2.75) is 13.8 Å². The molecule has 1 saturated heterocycles. The van der Waals surface area contributed by atoms with Crippen molar-refractivity contribution in [3.8, 4) is 5.75 Å². The van der Waals surface area contributed by atoms with Gasteiger partial charge in [-0.15, -0.1) is 0 Å². The minimum atomic E-state index is 0.314. The van der Waals surface area contributed by atoms with Crippen LogP contribution in [0.1, 0.15) is 11.1 Å². The molecular weight excluding hydrogens is 214 g/mol. The number of aryl methyl sites for hydroxylation is 2. The molecule has 1 fully saturated rings. The quantitative estimate of drug-likeness (QED) is 0.841. The zero-order chi connectivity index (χ0) is 12.3. The topological polar surface area (TPSA) is 32.7 Å². The molecule has 0 aliphatic carbocycles. The van der Waals surface area contributed by atoms with Crippen molar-refractivity contribution < 1.29 is 9.84 Å². The van der Waals surface area contributed by atoms with E-state index < -0.39 is 0 Å². The Kier molecular flexibility index (Phi) is 4.02. The van der Waals surface area contributed by atoms with Crippen LogP contribution in [-0.2, 0) is 0 Å². The van der Waals surface area contributed by atoms with Gasteiger partial charge in [-0.05, 0) is 31.0 Å². The van der Waals surface area contributed by atoms with E-state index in [9.17, 15) is 0 Å². The fourth-order valence-electron chi connectivity index (χ4n) is 2.12. The Balaban J connectivity index is 1.73. The first kappa shape index (κ1) is 12.4. The van der Waals surface area contributed by atoms with E-state index in [4.69, 9.17) is 9.84 Å². The monoisotopic (exact) mass is 235 g/mol. The number of ether oxygens (including phenoxy) is 1. The van der Waals surface area contributed by atoms with Gasteiger partial charge in [0.15, 0.2) is 0 Å². The van der Waals surface area contributed by atoms with Gasteiger partial charge < -0.3 is 9.84 Å². The van der Waals surface area contributed by atoms with Gasteiger partial charge in [0.25, 0.3) is 0 Å². The molecule has 0 bridgehead atoms. The second kappa shape index (κ2) is 5.52. The molecule has 1 aromatic carbocycles. The average Bonchev–Trinajstić information content (AvgIpc) is 2.26. The largest absolute Gasteiger partial charge is 0.492 e. The van der Waals surface area contributed by atoms with Crippen molar-refractivity contribution >= 4 is 0 Å². The Labute approximate surface area is 103 Å². The molecule has 0 spiro atoms. The van der Waals surface area contributed by atoms with Gasteiger partial charge in [-0.2, -0.15) is 0 Å². The van der Waals surface area contributed by atoms with Gasteiger partial charge in [0.1, 0.15) is 12.4 Å². The summed E-state index contributed by atoms with van der Waals surface area (Å²) in [6, 6.07) is 6.28. The molecule has 0 unspecified atom stereocenters. The molecule has 0 amide bonds. The van der Waals surface area contributed by atoms with Gasteiger partial charge in [-0.1, -0.05) is 12.1 Å². The van der Waals surface area contributed by atoms with Crippen molar-refractivity contribution in [1.29, 1.82) is 0 Å². The molecule has 1 aromatic rings. The van der Waals surface area contributed by atoms with Gasteiger partial charge in [-0.3, -0.25) is 4.90 Å². The third kappa shape index (κ3) is 3.20. The third-order valence-corrected chi connectivity index (χ3v) is 3.30. The van der Waals surface area contributed by atoms with Crippen LogP contribution < -0.4 is 4.74 Å². The van der Waals surface area contributed by atoms with E-state index >= 15 is 0 Å². The van der Waals surface area contributed by atoms with Gasteiger partial charge in [0, 0.05) is 32.2 Å². The number of nitrogens with zero attached hydrogens (tertiary/aromatic N) is 1. The van der Waals surface area contributed by atoms with Gasteiger partial charge in [0.2, 0.25) is 0 Å². The Morgan fingerprint density at radius 2 is 2.12 bits per heavy atom. The first-order valence-electron chi connectivity index (χ1n) is 6.22. The SMILES string of the molecule is Cc1ccc(C)c(OCCN2CC(CO)C2)c1. The Morgan fingerprint density at radius 3 is 2.82 bits per heavy atom. The van der Waals surface area contributed by atoms with Crippen LogP contribution in [0.2, 0.25) is 0 Å². The maximum atomic E-state index is 8.92. The predicted octanol–water partition coefficient (Wildman–Crippen LogP) is 1.61. The van der Waals surface area contributed by atoms with Crippen LogP contribution in [0.5, 0.6) is 5.75 Å². The van der Waals surface area contributed by atoms with Crippen LogP contribution in [0.25, 0.3) is 0 Å². The number of rotatable bonds is 5. The normalized spacial score (nSPS) is 16.9. The number of likely N-dealkylation sites (tertiary alicyclic amines) is 1. The van der Waals surface area contributed by atoms with E-state index in [0.717, 1.165) is 32.0 Å². The lowest BCUT2D eigenvalue weighted by Crippen LogP contribution is -2.49. The summed E-state index contributed by atoms with van der Waals surface area (Å²) in [6.45, 7) is 8.15. The van der Waals surface area contributed by atoms with Crippen LogP contribution in [0.15, 0.2) is 18.2 Å². The van der Waals surface area contributed by atoms with Crippen molar-refractivity contribution in [2.75, 3.05) is 32.8 Å². The molecule has 1 N–H and O–H groups in total. The minimum Gasteiger partial charge on any atom is -0.492 e. The molecule has 1 aliphatic heterocycles. The molecule has 1 aliphatic rings. The summed E-state index contributed by atoms with van der Waals surface area (Å²) in [6.07, 6.45) is 0. The standard InChI is InChI=1S/C14H21NO2/c1-11-3-4-12(2)14(7-11)17-6-5-15-8-13(9-15)10-16/h3-4,7,13,16H,5-6,8-10H2,1-2H3. The van der Waals surface area contributed by atoms with E-state index in [1.165, 1.54) is 11.1 Å². The summed E-state index contributed by atoms with van der Waals surface area (Å²) in [5.74, 6) is 1.47. The van der Waals surface area contributed by atoms with Gasteiger partial charge >= 0.3 is 0 Å². The second-order valence-electron chi connectivity index (χ2n) is 4.93. The molecule has 0 saturated carbocycles. The number of hydrogen-bond donors (Lipinski definition) is 1. The molecule has 2 rings (SSSR count). The van der Waals surface area contributed by atoms with Crippen molar-refractivity contribution in [1.82, 2.24) is 4.90 Å². The van der Waals surface area contributed by atoms with Crippen LogP contribution in [0.4, 0.5) is 0 Å². The van der Waals surface area contributed by atoms with E-state index in [2.05, 4.69) is 36.9 Å². The lowest BCUT2D eigenvalue weighted by Gasteiger charge is -2.38. The molecule has 3 nitrogen and oxygen atoms in total. The third-order valence-electron chi connectivity index (χ3n) is 3.30. The van der Waals surface area contributed by atoms with Crippen LogP contribution >= 0.6 is 0 Å². The molecular formula is C14H21NO2. The highest BCUT2D eigenvalue weighted by Gasteiger charge is 2.25. The summed E-state index contributed by atoms with van der Waals surface area (Å²) < 4.78 is 5.79. The van der Waals surface area contributed by atoms with Crippen LogP contribution in [0.3, 0.4) is 0 Å². The predicted molar refractivity (Wildman–Crippen MR) is 68.4 cm³/mol. The maximum absolute atomic E-state index is 8.92. The zero-order valence-electron chi connectivity index (χ0n) is 10.6. The summed E-state index contributed by atoms with van der Waals surface area (Å²) in [5.41, 5.74) is 2.42. The fraction of sp³-hybridized carbons (Fsp3) is 0.571. The van der Waals surface area contributed by atoms with Crippen LogP contribution in [-0.4, -0.2) is 42.9 Å². The van der Waals surface area contributed by atoms with E-state index in [0.29, 0.717) is 12.5 Å². The number of benzene rings is 1. The van der Waals surface area contributed by atoms with Gasteiger partial charge in [-0.25, -0.2) is 0 Å². The fourth-order valence-corrected chi connectivity index (χ4v) is 2.12. The van der Waals surface area contributed by atoms with E-state index in [1.807, 2.05) is 0 Å². The van der Waals surface area contributed by atoms with Gasteiger partial charge in [0.05, 0.1) is 0 Å². The van der Waals surface area contributed by atoms with E-state index in [-0.39, 0.29) is 0 Å². The molecule has 1 heterocycles.